The molecule has 0 fully saturated rings. The summed E-state index contributed by atoms with van der Waals surface area (Å²) in [6.45, 7) is 1.99. The second-order valence-corrected chi connectivity index (χ2v) is 3.76. The highest BCUT2D eigenvalue weighted by Gasteiger charge is 2.16. The van der Waals surface area contributed by atoms with Gasteiger partial charge in [0.15, 0.2) is 11.5 Å². The summed E-state index contributed by atoms with van der Waals surface area (Å²) in [6.07, 6.45) is 0. The summed E-state index contributed by atoms with van der Waals surface area (Å²) < 4.78 is 5.45. The number of carbonyl (C=O) groups is 1. The molecule has 0 saturated heterocycles. The van der Waals surface area contributed by atoms with Gasteiger partial charge in [0.2, 0.25) is 0 Å². The number of esters is 1. The average molecular weight is 325 g/mol. The highest BCUT2D eigenvalue weighted by molar-refractivity contribution is 9.11. The number of halogens is 2. The lowest BCUT2D eigenvalue weighted by Gasteiger charge is -2.04. The Kier molecular flexibility index (Phi) is 3.82. The third-order valence-corrected chi connectivity index (χ3v) is 2.44. The minimum absolute atomic E-state index is 0.0764. The number of ether oxygens (including phenoxy) is 1. The summed E-state index contributed by atoms with van der Waals surface area (Å²) in [5, 5.41) is 0. The molecule has 2 N–H and O–H groups in total. The van der Waals surface area contributed by atoms with Crippen LogP contribution in [-0.4, -0.2) is 22.5 Å². The van der Waals surface area contributed by atoms with E-state index >= 15 is 0 Å². The number of carbonyl (C=O) groups excluding carboxylic acids is 1. The molecule has 7 heteroatoms. The highest BCUT2D eigenvalue weighted by atomic mass is 79.9. The van der Waals surface area contributed by atoms with Gasteiger partial charge in [0.1, 0.15) is 9.21 Å². The molecule has 76 valence electrons. The van der Waals surface area contributed by atoms with Gasteiger partial charge in [-0.1, -0.05) is 0 Å². The van der Waals surface area contributed by atoms with E-state index in [9.17, 15) is 4.79 Å². The standard InChI is InChI=1S/C7H7Br2N3O2/c1-2-14-7(13)3-4(8)12-5(9)6(10)11-3/h2H2,1H3,(H2,10,11). The number of aromatic nitrogens is 2. The molecule has 5 nitrogen and oxygen atoms in total. The first-order chi connectivity index (χ1) is 6.56. The first kappa shape index (κ1) is 11.4. The smallest absolute Gasteiger partial charge is 0.359 e. The summed E-state index contributed by atoms with van der Waals surface area (Å²) in [5.41, 5.74) is 5.55. The molecule has 1 aromatic rings. The van der Waals surface area contributed by atoms with Crippen molar-refractivity contribution in [3.8, 4) is 0 Å². The van der Waals surface area contributed by atoms with Crippen molar-refractivity contribution in [3.05, 3.63) is 14.9 Å². The summed E-state index contributed by atoms with van der Waals surface area (Å²) in [7, 11) is 0. The maximum atomic E-state index is 11.3. The summed E-state index contributed by atoms with van der Waals surface area (Å²) in [6, 6.07) is 0. The van der Waals surface area contributed by atoms with Crippen molar-refractivity contribution in [2.24, 2.45) is 0 Å². The van der Waals surface area contributed by atoms with E-state index in [1.807, 2.05) is 0 Å². The Morgan fingerprint density at radius 1 is 1.43 bits per heavy atom. The van der Waals surface area contributed by atoms with Crippen LogP contribution >= 0.6 is 31.9 Å². The topological polar surface area (TPSA) is 78.1 Å². The zero-order valence-electron chi connectivity index (χ0n) is 7.25. The normalized spacial score (nSPS) is 9.93. The molecule has 0 aliphatic heterocycles. The van der Waals surface area contributed by atoms with E-state index < -0.39 is 5.97 Å². The molecule has 1 rings (SSSR count). The van der Waals surface area contributed by atoms with Crippen LogP contribution in [0.3, 0.4) is 0 Å². The van der Waals surface area contributed by atoms with E-state index in [1.54, 1.807) is 6.92 Å². The van der Waals surface area contributed by atoms with Crippen LogP contribution in [0, 0.1) is 0 Å². The minimum Gasteiger partial charge on any atom is -0.461 e. The number of nitrogen functional groups attached to an aromatic ring is 1. The van der Waals surface area contributed by atoms with Gasteiger partial charge in [0.05, 0.1) is 6.61 Å². The van der Waals surface area contributed by atoms with Crippen molar-refractivity contribution in [2.75, 3.05) is 12.3 Å². The molecular weight excluding hydrogens is 318 g/mol. The van der Waals surface area contributed by atoms with Crippen LogP contribution in [0.2, 0.25) is 0 Å². The summed E-state index contributed by atoms with van der Waals surface area (Å²) >= 11 is 6.18. The second kappa shape index (κ2) is 4.70. The van der Waals surface area contributed by atoms with E-state index in [4.69, 9.17) is 10.5 Å². The molecule has 0 amide bonds. The van der Waals surface area contributed by atoms with Gasteiger partial charge in [-0.2, -0.15) is 0 Å². The predicted molar refractivity (Wildman–Crippen MR) is 57.8 cm³/mol. The van der Waals surface area contributed by atoms with Gasteiger partial charge in [-0.25, -0.2) is 14.8 Å². The molecule has 1 heterocycles. The van der Waals surface area contributed by atoms with Crippen LogP contribution in [0.15, 0.2) is 9.21 Å². The molecule has 0 saturated carbocycles. The second-order valence-electron chi connectivity index (χ2n) is 2.26. The largest absolute Gasteiger partial charge is 0.461 e. The van der Waals surface area contributed by atoms with Crippen LogP contribution in [0.5, 0.6) is 0 Å². The fraction of sp³-hybridized carbons (Fsp3) is 0.286. The number of anilines is 1. The lowest BCUT2D eigenvalue weighted by Crippen LogP contribution is -2.11. The molecule has 0 spiro atoms. The van der Waals surface area contributed by atoms with E-state index in [-0.39, 0.29) is 18.1 Å². The monoisotopic (exact) mass is 323 g/mol. The first-order valence-corrected chi connectivity index (χ1v) is 5.30. The van der Waals surface area contributed by atoms with Crippen molar-refractivity contribution in [3.63, 3.8) is 0 Å². The van der Waals surface area contributed by atoms with Gasteiger partial charge >= 0.3 is 5.97 Å². The number of nitrogens with zero attached hydrogens (tertiary/aromatic N) is 2. The van der Waals surface area contributed by atoms with Gasteiger partial charge in [0.25, 0.3) is 0 Å². The Bertz CT molecular complexity index is 370. The Labute approximate surface area is 97.3 Å². The van der Waals surface area contributed by atoms with E-state index in [0.717, 1.165) is 0 Å². The molecule has 0 radical (unpaired) electrons. The summed E-state index contributed by atoms with van der Waals surface area (Å²) in [5.74, 6) is -0.401. The van der Waals surface area contributed by atoms with Crippen molar-refractivity contribution < 1.29 is 9.53 Å². The Morgan fingerprint density at radius 2 is 2.07 bits per heavy atom. The molecule has 0 aliphatic rings. The Morgan fingerprint density at radius 3 is 2.64 bits per heavy atom. The molecule has 0 unspecified atom stereocenters. The van der Waals surface area contributed by atoms with Crippen molar-refractivity contribution >= 4 is 43.6 Å². The zero-order valence-corrected chi connectivity index (χ0v) is 10.4. The third-order valence-electron chi connectivity index (χ3n) is 1.30. The lowest BCUT2D eigenvalue weighted by atomic mass is 10.4. The van der Waals surface area contributed by atoms with Gasteiger partial charge < -0.3 is 10.5 Å². The van der Waals surface area contributed by atoms with E-state index in [2.05, 4.69) is 41.8 Å². The minimum atomic E-state index is -0.550. The van der Waals surface area contributed by atoms with E-state index in [1.165, 1.54) is 0 Å². The van der Waals surface area contributed by atoms with Gasteiger partial charge in [-0.3, -0.25) is 0 Å². The third kappa shape index (κ3) is 2.42. The van der Waals surface area contributed by atoms with Crippen molar-refractivity contribution in [2.45, 2.75) is 6.92 Å². The quantitative estimate of drug-likeness (QED) is 0.839. The van der Waals surface area contributed by atoms with Crippen molar-refractivity contribution in [1.82, 2.24) is 9.97 Å². The fourth-order valence-corrected chi connectivity index (χ4v) is 1.67. The molecule has 1 aromatic heterocycles. The SMILES string of the molecule is CCOC(=O)c1nc(N)c(Br)nc1Br. The van der Waals surface area contributed by atoms with Crippen molar-refractivity contribution in [1.29, 1.82) is 0 Å². The van der Waals surface area contributed by atoms with Crippen LogP contribution in [-0.2, 0) is 4.74 Å². The molecule has 0 aliphatic carbocycles. The molecule has 14 heavy (non-hydrogen) atoms. The predicted octanol–water partition coefficient (Wildman–Crippen LogP) is 1.76. The van der Waals surface area contributed by atoms with Crippen LogP contribution in [0.25, 0.3) is 0 Å². The van der Waals surface area contributed by atoms with Gasteiger partial charge in [-0.15, -0.1) is 0 Å². The first-order valence-electron chi connectivity index (χ1n) is 3.72. The van der Waals surface area contributed by atoms with Gasteiger partial charge in [0, 0.05) is 0 Å². The molecule has 0 aromatic carbocycles. The van der Waals surface area contributed by atoms with Crippen LogP contribution < -0.4 is 5.73 Å². The zero-order chi connectivity index (χ0) is 10.7. The maximum Gasteiger partial charge on any atom is 0.359 e. The summed E-state index contributed by atoms with van der Waals surface area (Å²) in [4.78, 5) is 19.1. The maximum absolute atomic E-state index is 11.3. The van der Waals surface area contributed by atoms with Crippen LogP contribution in [0.1, 0.15) is 17.4 Å². The number of hydrogen-bond donors (Lipinski definition) is 1. The fourth-order valence-electron chi connectivity index (χ4n) is 0.738. The highest BCUT2D eigenvalue weighted by Crippen LogP contribution is 2.20. The lowest BCUT2D eigenvalue weighted by molar-refractivity contribution is 0.0517. The van der Waals surface area contributed by atoms with E-state index in [0.29, 0.717) is 9.21 Å². The number of hydrogen-bond acceptors (Lipinski definition) is 5. The molecular formula is C7H7Br2N3O2. The number of nitrogens with two attached hydrogens (primary N) is 1. The Hall–Kier alpha value is -0.690. The number of rotatable bonds is 2. The van der Waals surface area contributed by atoms with Crippen LogP contribution in [0.4, 0.5) is 5.82 Å². The Balaban J connectivity index is 3.09. The van der Waals surface area contributed by atoms with Gasteiger partial charge in [-0.05, 0) is 38.8 Å². The molecule has 0 atom stereocenters. The average Bonchev–Trinajstić information content (AvgIpc) is 2.11. The molecule has 0 bridgehead atoms.